The highest BCUT2D eigenvalue weighted by atomic mass is 16.3. The van der Waals surface area contributed by atoms with Crippen molar-refractivity contribution < 1.29 is 5.11 Å². The molecule has 0 amide bonds. The molecule has 3 heteroatoms. The van der Waals surface area contributed by atoms with Gasteiger partial charge in [-0.2, -0.15) is 10.2 Å². The fourth-order valence-corrected chi connectivity index (χ4v) is 3.06. The molecule has 0 saturated carbocycles. The number of nitrogens with zero attached hydrogens (tertiary/aromatic N) is 2. The summed E-state index contributed by atoms with van der Waals surface area (Å²) in [7, 11) is 0. The van der Waals surface area contributed by atoms with Gasteiger partial charge in [-0.1, -0.05) is 30.3 Å². The molecule has 112 valence electrons. The van der Waals surface area contributed by atoms with Crippen molar-refractivity contribution in [1.29, 1.82) is 0 Å². The number of azo groups is 1. The van der Waals surface area contributed by atoms with Gasteiger partial charge < -0.3 is 5.11 Å². The van der Waals surface area contributed by atoms with Crippen LogP contribution in [0, 0.1) is 6.92 Å². The molecule has 3 aromatic carbocycles. The number of aromatic hydroxyl groups is 1. The molecule has 23 heavy (non-hydrogen) atoms. The van der Waals surface area contributed by atoms with Gasteiger partial charge >= 0.3 is 0 Å². The second-order valence-corrected chi connectivity index (χ2v) is 5.85. The van der Waals surface area contributed by atoms with Gasteiger partial charge in [-0.05, 0) is 71.5 Å². The van der Waals surface area contributed by atoms with Gasteiger partial charge in [0, 0.05) is 0 Å². The summed E-state index contributed by atoms with van der Waals surface area (Å²) in [4.78, 5) is 0. The van der Waals surface area contributed by atoms with E-state index in [-0.39, 0.29) is 5.75 Å². The second-order valence-electron chi connectivity index (χ2n) is 5.85. The highest BCUT2D eigenvalue weighted by molar-refractivity contribution is 5.78. The summed E-state index contributed by atoms with van der Waals surface area (Å²) < 4.78 is 0. The van der Waals surface area contributed by atoms with E-state index in [4.69, 9.17) is 0 Å². The molecule has 1 N–H and O–H groups in total. The van der Waals surface area contributed by atoms with Gasteiger partial charge in [-0.15, -0.1) is 0 Å². The summed E-state index contributed by atoms with van der Waals surface area (Å²) >= 11 is 0. The lowest BCUT2D eigenvalue weighted by molar-refractivity contribution is 0.475. The van der Waals surface area contributed by atoms with Gasteiger partial charge in [-0.3, -0.25) is 0 Å². The molecule has 0 aliphatic heterocycles. The lowest BCUT2D eigenvalue weighted by Gasteiger charge is -2.02. The normalized spacial score (nSPS) is 12.4. The maximum absolute atomic E-state index is 9.44. The molecule has 0 radical (unpaired) electrons. The molecule has 3 nitrogen and oxygen atoms in total. The van der Waals surface area contributed by atoms with Crippen molar-refractivity contribution in [2.45, 2.75) is 13.3 Å². The Morgan fingerprint density at radius 1 is 0.826 bits per heavy atom. The Balaban J connectivity index is 1.65. The number of benzene rings is 3. The van der Waals surface area contributed by atoms with Crippen molar-refractivity contribution in [3.8, 4) is 16.9 Å². The summed E-state index contributed by atoms with van der Waals surface area (Å²) in [6, 6.07) is 19.8. The van der Waals surface area contributed by atoms with Crippen molar-refractivity contribution in [3.63, 3.8) is 0 Å². The Labute approximate surface area is 135 Å². The van der Waals surface area contributed by atoms with Crippen LogP contribution < -0.4 is 0 Å². The molecule has 0 spiro atoms. The largest absolute Gasteiger partial charge is 0.508 e. The molecule has 0 unspecified atom stereocenters. The topological polar surface area (TPSA) is 45.0 Å². The zero-order valence-electron chi connectivity index (χ0n) is 12.8. The predicted octanol–water partition coefficient (Wildman–Crippen LogP) is 5.69. The first kappa shape index (κ1) is 13.7. The van der Waals surface area contributed by atoms with Crippen LogP contribution in [0.4, 0.5) is 11.4 Å². The van der Waals surface area contributed by atoms with Gasteiger partial charge in [0.25, 0.3) is 0 Å². The number of phenolic OH excluding ortho intramolecular Hbond substituents is 1. The highest BCUT2D eigenvalue weighted by Gasteiger charge is 2.17. The van der Waals surface area contributed by atoms with E-state index < -0.39 is 0 Å². The van der Waals surface area contributed by atoms with Gasteiger partial charge in [0.05, 0.1) is 11.4 Å². The summed E-state index contributed by atoms with van der Waals surface area (Å²) in [5, 5.41) is 18.1. The van der Waals surface area contributed by atoms with Crippen LogP contribution >= 0.6 is 0 Å². The van der Waals surface area contributed by atoms with E-state index in [1.807, 2.05) is 13.0 Å². The lowest BCUT2D eigenvalue weighted by atomic mass is 10.1. The second kappa shape index (κ2) is 5.36. The van der Waals surface area contributed by atoms with Crippen LogP contribution in [0.2, 0.25) is 0 Å². The van der Waals surface area contributed by atoms with Crippen LogP contribution in [0.1, 0.15) is 16.7 Å². The average molecular weight is 300 g/mol. The summed E-state index contributed by atoms with van der Waals surface area (Å²) in [5.74, 6) is 0.247. The van der Waals surface area contributed by atoms with E-state index in [9.17, 15) is 5.11 Å². The summed E-state index contributed by atoms with van der Waals surface area (Å²) in [6.07, 6.45) is 0.951. The molecular weight excluding hydrogens is 284 g/mol. The standard InChI is InChI=1S/C20H16N2O/c1-13-10-17(23)7-9-20(13)22-21-16-6-8-19-15(12-16)11-14-4-2-3-5-18(14)19/h2-10,12,23H,11H2,1H3/b22-21+. The van der Waals surface area contributed by atoms with Gasteiger partial charge in [0.2, 0.25) is 0 Å². The van der Waals surface area contributed by atoms with Crippen LogP contribution in [-0.4, -0.2) is 5.11 Å². The number of phenols is 1. The number of aryl methyl sites for hydroxylation is 1. The van der Waals surface area contributed by atoms with E-state index in [0.717, 1.165) is 23.4 Å². The Morgan fingerprint density at radius 2 is 1.65 bits per heavy atom. The third kappa shape index (κ3) is 2.50. The van der Waals surface area contributed by atoms with E-state index in [0.29, 0.717) is 0 Å². The van der Waals surface area contributed by atoms with Gasteiger partial charge in [0.1, 0.15) is 5.75 Å². The number of rotatable bonds is 2. The zero-order chi connectivity index (χ0) is 15.8. The Kier molecular flexibility index (Phi) is 3.19. The van der Waals surface area contributed by atoms with Crippen LogP contribution in [0.3, 0.4) is 0 Å². The van der Waals surface area contributed by atoms with E-state index in [1.54, 1.807) is 18.2 Å². The minimum atomic E-state index is 0.247. The maximum Gasteiger partial charge on any atom is 0.115 e. The molecule has 0 aromatic heterocycles. The van der Waals surface area contributed by atoms with Crippen molar-refractivity contribution in [2.24, 2.45) is 10.2 Å². The molecule has 0 saturated heterocycles. The minimum Gasteiger partial charge on any atom is -0.508 e. The Morgan fingerprint density at radius 3 is 2.52 bits per heavy atom. The van der Waals surface area contributed by atoms with E-state index in [1.165, 1.54) is 22.3 Å². The van der Waals surface area contributed by atoms with E-state index in [2.05, 4.69) is 46.6 Å². The summed E-state index contributed by atoms with van der Waals surface area (Å²) in [5.41, 5.74) is 7.80. The molecule has 0 heterocycles. The predicted molar refractivity (Wildman–Crippen MR) is 91.7 cm³/mol. The van der Waals surface area contributed by atoms with Crippen molar-refractivity contribution in [3.05, 3.63) is 77.4 Å². The highest BCUT2D eigenvalue weighted by Crippen LogP contribution is 2.38. The first-order chi connectivity index (χ1) is 11.2. The fraction of sp³-hybridized carbons (Fsp3) is 0.100. The minimum absolute atomic E-state index is 0.247. The monoisotopic (exact) mass is 300 g/mol. The zero-order valence-corrected chi connectivity index (χ0v) is 12.8. The van der Waals surface area contributed by atoms with Crippen molar-refractivity contribution >= 4 is 11.4 Å². The number of hydrogen-bond donors (Lipinski definition) is 1. The van der Waals surface area contributed by atoms with Crippen molar-refractivity contribution in [1.82, 2.24) is 0 Å². The van der Waals surface area contributed by atoms with Crippen LogP contribution in [-0.2, 0) is 6.42 Å². The molecule has 0 fully saturated rings. The molecule has 1 aliphatic carbocycles. The smallest absolute Gasteiger partial charge is 0.115 e. The maximum atomic E-state index is 9.44. The molecule has 3 aromatic rings. The molecule has 0 bridgehead atoms. The molecule has 0 atom stereocenters. The quantitative estimate of drug-likeness (QED) is 0.475. The van der Waals surface area contributed by atoms with Gasteiger partial charge in [-0.25, -0.2) is 0 Å². The SMILES string of the molecule is Cc1cc(O)ccc1/N=N/c1ccc2c(c1)Cc1ccccc1-2. The Hall–Kier alpha value is -2.94. The number of hydrogen-bond acceptors (Lipinski definition) is 3. The Bertz CT molecular complexity index is 929. The van der Waals surface area contributed by atoms with Crippen molar-refractivity contribution in [2.75, 3.05) is 0 Å². The average Bonchev–Trinajstić information content (AvgIpc) is 2.91. The number of fused-ring (bicyclic) bond motifs is 3. The molecule has 1 aliphatic rings. The lowest BCUT2D eigenvalue weighted by Crippen LogP contribution is -1.79. The molecule has 4 rings (SSSR count). The molecular formula is C20H16N2O. The van der Waals surface area contributed by atoms with Crippen LogP contribution in [0.5, 0.6) is 5.75 Å². The van der Waals surface area contributed by atoms with E-state index >= 15 is 0 Å². The summed E-state index contributed by atoms with van der Waals surface area (Å²) in [6.45, 7) is 1.91. The van der Waals surface area contributed by atoms with Crippen LogP contribution in [0.25, 0.3) is 11.1 Å². The third-order valence-electron chi connectivity index (χ3n) is 4.23. The third-order valence-corrected chi connectivity index (χ3v) is 4.23. The first-order valence-corrected chi connectivity index (χ1v) is 7.63. The van der Waals surface area contributed by atoms with Crippen LogP contribution in [0.15, 0.2) is 70.9 Å². The van der Waals surface area contributed by atoms with Gasteiger partial charge in [0.15, 0.2) is 0 Å². The fourth-order valence-electron chi connectivity index (χ4n) is 3.06. The first-order valence-electron chi connectivity index (χ1n) is 7.63.